The van der Waals surface area contributed by atoms with E-state index in [1.165, 1.54) is 30.0 Å². The summed E-state index contributed by atoms with van der Waals surface area (Å²) in [5, 5.41) is 6.13. The molecule has 2 N–H and O–H groups in total. The summed E-state index contributed by atoms with van der Waals surface area (Å²) < 4.78 is 32.6. The maximum Gasteiger partial charge on any atom is 0.232 e. The Labute approximate surface area is 158 Å². The van der Waals surface area contributed by atoms with Crippen LogP contribution in [0.4, 0.5) is 26.4 Å². The second-order valence-corrected chi connectivity index (χ2v) is 6.41. The van der Waals surface area contributed by atoms with Crippen LogP contribution in [0.15, 0.2) is 53.9 Å². The Kier molecular flexibility index (Phi) is 3.94. The van der Waals surface area contributed by atoms with E-state index in [9.17, 15) is 8.78 Å². The van der Waals surface area contributed by atoms with E-state index in [-0.39, 0.29) is 23.3 Å². The molecule has 2 aromatic heterocycles. The Bertz CT molecular complexity index is 1090. The summed E-state index contributed by atoms with van der Waals surface area (Å²) >= 11 is 0. The molecule has 1 aliphatic heterocycles. The lowest BCUT2D eigenvalue weighted by Crippen LogP contribution is -2.08. The molecule has 0 bridgehead atoms. The van der Waals surface area contributed by atoms with Gasteiger partial charge < -0.3 is 15.4 Å². The molecule has 0 saturated carbocycles. The Morgan fingerprint density at radius 1 is 0.964 bits per heavy atom. The largest absolute Gasteiger partial charge is 0.376 e. The van der Waals surface area contributed by atoms with Gasteiger partial charge in [-0.15, -0.1) is 0 Å². The van der Waals surface area contributed by atoms with Gasteiger partial charge in [-0.1, -0.05) is 12.1 Å². The minimum absolute atomic E-state index is 0.181. The van der Waals surface area contributed by atoms with Crippen molar-refractivity contribution in [1.29, 1.82) is 0 Å². The lowest BCUT2D eigenvalue weighted by atomic mass is 10.2. The van der Waals surface area contributed by atoms with Gasteiger partial charge in [-0.25, -0.2) is 9.37 Å². The fraction of sp³-hybridized carbons (Fsp3) is 0.158. The van der Waals surface area contributed by atoms with Gasteiger partial charge in [0.15, 0.2) is 5.82 Å². The number of hydrogen-bond donors (Lipinski definition) is 2. The topological polar surface area (TPSA) is 84.9 Å². The van der Waals surface area contributed by atoms with Crippen molar-refractivity contribution in [2.24, 2.45) is 5.92 Å². The number of ether oxygens (including phenoxy) is 1. The van der Waals surface area contributed by atoms with Gasteiger partial charge in [0, 0.05) is 11.6 Å². The monoisotopic (exact) mass is 380 g/mol. The van der Waals surface area contributed by atoms with Gasteiger partial charge in [0.1, 0.15) is 5.82 Å². The third-order valence-corrected chi connectivity index (χ3v) is 4.55. The Morgan fingerprint density at radius 2 is 1.79 bits per heavy atom. The molecule has 2 aliphatic rings. The summed E-state index contributed by atoms with van der Waals surface area (Å²) in [5.41, 5.74) is 2.98. The van der Waals surface area contributed by atoms with Crippen LogP contribution in [-0.4, -0.2) is 33.1 Å². The SMILES string of the molecule is Fc1ccc(Nc2nc(NC3=C4COC[C@H]43)nc(-c3ccccc3F)n2)cn1. The quantitative estimate of drug-likeness (QED) is 0.657. The number of rotatable bonds is 5. The zero-order valence-electron chi connectivity index (χ0n) is 14.5. The number of nitrogens with one attached hydrogen (secondary N) is 2. The van der Waals surface area contributed by atoms with E-state index in [0.717, 1.165) is 5.70 Å². The molecule has 7 nitrogen and oxygen atoms in total. The molecular weight excluding hydrogens is 366 g/mol. The molecule has 1 fully saturated rings. The van der Waals surface area contributed by atoms with Crippen LogP contribution in [-0.2, 0) is 4.74 Å². The van der Waals surface area contributed by atoms with Gasteiger partial charge in [0.25, 0.3) is 0 Å². The number of pyridine rings is 1. The molecule has 1 saturated heterocycles. The fourth-order valence-corrected chi connectivity index (χ4v) is 3.09. The molecular formula is C19H14F2N6O. The van der Waals surface area contributed by atoms with Crippen LogP contribution in [0.1, 0.15) is 0 Å². The molecule has 3 aromatic rings. The van der Waals surface area contributed by atoms with E-state index < -0.39 is 11.8 Å². The van der Waals surface area contributed by atoms with Crippen molar-refractivity contribution >= 4 is 17.6 Å². The number of halogens is 2. The predicted molar refractivity (Wildman–Crippen MR) is 97.7 cm³/mol. The molecule has 28 heavy (non-hydrogen) atoms. The highest BCUT2D eigenvalue weighted by atomic mass is 19.1. The van der Waals surface area contributed by atoms with Crippen molar-refractivity contribution in [3.8, 4) is 11.4 Å². The molecule has 5 rings (SSSR count). The number of nitrogens with zero attached hydrogens (tertiary/aromatic N) is 4. The van der Waals surface area contributed by atoms with Crippen LogP contribution >= 0.6 is 0 Å². The van der Waals surface area contributed by atoms with Gasteiger partial charge in [-0.05, 0) is 29.8 Å². The maximum atomic E-state index is 14.3. The van der Waals surface area contributed by atoms with Crippen LogP contribution in [0.2, 0.25) is 0 Å². The third kappa shape index (κ3) is 3.16. The molecule has 0 amide bonds. The highest BCUT2D eigenvalue weighted by Gasteiger charge is 2.41. The fourth-order valence-electron chi connectivity index (χ4n) is 3.09. The van der Waals surface area contributed by atoms with E-state index >= 15 is 0 Å². The van der Waals surface area contributed by atoms with Crippen LogP contribution in [0.5, 0.6) is 0 Å². The summed E-state index contributed by atoms with van der Waals surface area (Å²) in [4.78, 5) is 16.6. The lowest BCUT2D eigenvalue weighted by Gasteiger charge is -2.10. The second kappa shape index (κ2) is 6.61. The van der Waals surface area contributed by atoms with Gasteiger partial charge >= 0.3 is 0 Å². The molecule has 1 aromatic carbocycles. The van der Waals surface area contributed by atoms with Crippen LogP contribution < -0.4 is 10.6 Å². The van der Waals surface area contributed by atoms with E-state index in [1.807, 2.05) is 0 Å². The van der Waals surface area contributed by atoms with Crippen molar-refractivity contribution in [3.05, 3.63) is 65.6 Å². The Hall–Kier alpha value is -3.46. The summed E-state index contributed by atoms with van der Waals surface area (Å²) in [6.07, 6.45) is 1.32. The van der Waals surface area contributed by atoms with Gasteiger partial charge in [-0.2, -0.15) is 19.3 Å². The molecule has 1 aliphatic carbocycles. The molecule has 0 spiro atoms. The van der Waals surface area contributed by atoms with Crippen molar-refractivity contribution in [2.45, 2.75) is 0 Å². The first-order valence-electron chi connectivity index (χ1n) is 8.64. The van der Waals surface area contributed by atoms with Crippen LogP contribution in [0.3, 0.4) is 0 Å². The standard InChI is InChI=1S/C19H14F2N6O/c20-14-4-2-1-3-11(14)17-25-18(23-10-5-6-15(21)22-7-10)27-19(26-17)24-16-12-8-28-9-13(12)16/h1-7,12H,8-9H2,(H2,23,24,25,26,27)/t12-/m1/s1. The molecule has 1 atom stereocenters. The van der Waals surface area contributed by atoms with Crippen molar-refractivity contribution in [3.63, 3.8) is 0 Å². The van der Waals surface area contributed by atoms with Gasteiger partial charge in [-0.3, -0.25) is 0 Å². The lowest BCUT2D eigenvalue weighted by molar-refractivity contribution is 0.189. The van der Waals surface area contributed by atoms with Gasteiger partial charge in [0.05, 0.1) is 30.7 Å². The minimum Gasteiger partial charge on any atom is -0.376 e. The van der Waals surface area contributed by atoms with Crippen LogP contribution in [0, 0.1) is 17.7 Å². The number of anilines is 3. The average molecular weight is 380 g/mol. The first-order valence-corrected chi connectivity index (χ1v) is 8.64. The summed E-state index contributed by atoms with van der Waals surface area (Å²) in [7, 11) is 0. The molecule has 0 unspecified atom stereocenters. The Morgan fingerprint density at radius 3 is 2.50 bits per heavy atom. The first kappa shape index (κ1) is 16.7. The zero-order valence-corrected chi connectivity index (χ0v) is 14.5. The summed E-state index contributed by atoms with van der Waals surface area (Å²) in [6.45, 7) is 1.25. The number of benzene rings is 1. The first-order chi connectivity index (χ1) is 13.7. The number of hydrogen-bond acceptors (Lipinski definition) is 7. The molecule has 9 heteroatoms. The van der Waals surface area contributed by atoms with E-state index in [1.54, 1.807) is 18.2 Å². The zero-order chi connectivity index (χ0) is 19.1. The predicted octanol–water partition coefficient (Wildman–Crippen LogP) is 3.28. The summed E-state index contributed by atoms with van der Waals surface area (Å²) in [5.74, 6) is -0.0777. The van der Waals surface area contributed by atoms with Gasteiger partial charge in [0.2, 0.25) is 17.8 Å². The normalized spacial score (nSPS) is 17.4. The average Bonchev–Trinajstić information content (AvgIpc) is 3.11. The smallest absolute Gasteiger partial charge is 0.232 e. The summed E-state index contributed by atoms with van der Waals surface area (Å²) in [6, 6.07) is 8.98. The van der Waals surface area contributed by atoms with E-state index in [0.29, 0.717) is 24.8 Å². The van der Waals surface area contributed by atoms with Crippen LogP contribution in [0.25, 0.3) is 11.4 Å². The highest BCUT2D eigenvalue weighted by molar-refractivity contribution is 5.63. The molecule has 140 valence electrons. The molecule has 0 radical (unpaired) electrons. The highest BCUT2D eigenvalue weighted by Crippen LogP contribution is 2.43. The number of fused-ring (bicyclic) bond motifs is 1. The molecule has 3 heterocycles. The van der Waals surface area contributed by atoms with E-state index in [4.69, 9.17) is 4.74 Å². The number of aromatic nitrogens is 4. The van der Waals surface area contributed by atoms with Crippen molar-refractivity contribution in [1.82, 2.24) is 19.9 Å². The minimum atomic E-state index is -0.591. The van der Waals surface area contributed by atoms with Crippen molar-refractivity contribution in [2.75, 3.05) is 23.8 Å². The van der Waals surface area contributed by atoms with E-state index in [2.05, 4.69) is 30.6 Å². The Balaban J connectivity index is 1.51. The van der Waals surface area contributed by atoms with Crippen molar-refractivity contribution < 1.29 is 13.5 Å². The second-order valence-electron chi connectivity index (χ2n) is 6.41. The third-order valence-electron chi connectivity index (χ3n) is 4.55. The maximum absolute atomic E-state index is 14.3.